The maximum absolute atomic E-state index is 10.8. The van der Waals surface area contributed by atoms with Gasteiger partial charge in [0.1, 0.15) is 0 Å². The van der Waals surface area contributed by atoms with Crippen LogP contribution >= 0.6 is 11.8 Å². The van der Waals surface area contributed by atoms with Gasteiger partial charge < -0.3 is 17.3 Å². The number of rotatable bonds is 3. The minimum Gasteiger partial charge on any atom is -0.377 e. The van der Waals surface area contributed by atoms with Gasteiger partial charge in [-0.05, 0) is 17.7 Å². The first-order valence-corrected chi connectivity index (χ1v) is 5.17. The molecule has 0 aliphatic carbocycles. The molecule has 0 aromatic heterocycles. The van der Waals surface area contributed by atoms with Crippen LogP contribution in [0.4, 0.5) is 0 Å². The molecule has 0 fully saturated rings. The molecule has 0 unspecified atom stereocenters. The highest BCUT2D eigenvalue weighted by atomic mass is 32.2. The number of carbonyl (C=O) groups excluding carboxylic acids is 1. The van der Waals surface area contributed by atoms with Gasteiger partial charge in [0, 0.05) is 11.3 Å². The second kappa shape index (κ2) is 5.26. The standard InChI is InChI=1S/C9H12N4OS/c10-8(14)7-3-1-6(2-4-7)5-15-9(11)13-12/h1-4H,5,12H2,(H2,10,14)(H2,11,13). The minimum absolute atomic E-state index is 0.328. The summed E-state index contributed by atoms with van der Waals surface area (Å²) in [4.78, 5) is 10.8. The number of hydrogen-bond donors (Lipinski definition) is 3. The van der Waals surface area contributed by atoms with E-state index in [0.717, 1.165) is 5.56 Å². The summed E-state index contributed by atoms with van der Waals surface area (Å²) in [5.41, 5.74) is 12.0. The zero-order valence-corrected chi connectivity index (χ0v) is 8.83. The molecule has 0 saturated carbocycles. The van der Waals surface area contributed by atoms with Crippen LogP contribution in [-0.2, 0) is 5.75 Å². The molecule has 15 heavy (non-hydrogen) atoms. The third-order valence-electron chi connectivity index (χ3n) is 1.75. The number of nitrogens with two attached hydrogens (primary N) is 3. The third-order valence-corrected chi connectivity index (χ3v) is 2.63. The van der Waals surface area contributed by atoms with Crippen LogP contribution in [0.15, 0.2) is 29.4 Å². The van der Waals surface area contributed by atoms with Crippen molar-refractivity contribution in [1.82, 2.24) is 0 Å². The van der Waals surface area contributed by atoms with Crippen molar-refractivity contribution in [2.24, 2.45) is 22.4 Å². The van der Waals surface area contributed by atoms with E-state index in [2.05, 4.69) is 5.10 Å². The average Bonchev–Trinajstić information content (AvgIpc) is 2.26. The fourth-order valence-electron chi connectivity index (χ4n) is 0.960. The highest BCUT2D eigenvalue weighted by Gasteiger charge is 2.00. The van der Waals surface area contributed by atoms with Gasteiger partial charge in [0.05, 0.1) is 0 Å². The van der Waals surface area contributed by atoms with Gasteiger partial charge in [-0.3, -0.25) is 4.79 Å². The van der Waals surface area contributed by atoms with Crippen molar-refractivity contribution in [3.8, 4) is 0 Å². The van der Waals surface area contributed by atoms with Crippen molar-refractivity contribution >= 4 is 22.8 Å². The summed E-state index contributed by atoms with van der Waals surface area (Å²) < 4.78 is 0. The number of thioether (sulfide) groups is 1. The highest BCUT2D eigenvalue weighted by molar-refractivity contribution is 8.13. The molecule has 0 heterocycles. The highest BCUT2D eigenvalue weighted by Crippen LogP contribution is 2.12. The Bertz CT molecular complexity index is 374. The molecule has 1 aromatic carbocycles. The predicted molar refractivity (Wildman–Crippen MR) is 62.1 cm³/mol. The maximum Gasteiger partial charge on any atom is 0.248 e. The molecule has 0 saturated heterocycles. The number of primary amides is 1. The lowest BCUT2D eigenvalue weighted by molar-refractivity contribution is 0.100. The third kappa shape index (κ3) is 3.51. The van der Waals surface area contributed by atoms with Gasteiger partial charge in [0.15, 0.2) is 5.17 Å². The Hall–Kier alpha value is -1.69. The first kappa shape index (κ1) is 11.4. The summed E-state index contributed by atoms with van der Waals surface area (Å²) in [5, 5.41) is 3.66. The summed E-state index contributed by atoms with van der Waals surface area (Å²) in [6.07, 6.45) is 0. The molecule has 1 aromatic rings. The van der Waals surface area contributed by atoms with Crippen LogP contribution in [-0.4, -0.2) is 11.1 Å². The SMILES string of the molecule is NN=C(N)SCc1ccc(C(N)=O)cc1. The molecule has 0 bridgehead atoms. The summed E-state index contributed by atoms with van der Waals surface area (Å²) in [5.74, 6) is 5.21. The van der Waals surface area contributed by atoms with E-state index >= 15 is 0 Å². The monoisotopic (exact) mass is 224 g/mol. The van der Waals surface area contributed by atoms with Gasteiger partial charge in [-0.25, -0.2) is 0 Å². The lowest BCUT2D eigenvalue weighted by atomic mass is 10.1. The van der Waals surface area contributed by atoms with E-state index < -0.39 is 5.91 Å². The lowest BCUT2D eigenvalue weighted by Crippen LogP contribution is -2.11. The van der Waals surface area contributed by atoms with Gasteiger partial charge >= 0.3 is 0 Å². The molecular weight excluding hydrogens is 212 g/mol. The Kier molecular flexibility index (Phi) is 3.99. The van der Waals surface area contributed by atoms with E-state index in [9.17, 15) is 4.79 Å². The fraction of sp³-hybridized carbons (Fsp3) is 0.111. The summed E-state index contributed by atoms with van der Waals surface area (Å²) in [6, 6.07) is 6.98. The van der Waals surface area contributed by atoms with E-state index in [1.54, 1.807) is 12.1 Å². The first-order valence-electron chi connectivity index (χ1n) is 4.18. The molecule has 0 radical (unpaired) electrons. The predicted octanol–water partition coefficient (Wildman–Crippen LogP) is 0.207. The molecule has 6 heteroatoms. The van der Waals surface area contributed by atoms with E-state index in [0.29, 0.717) is 16.5 Å². The van der Waals surface area contributed by atoms with Crippen molar-refractivity contribution in [3.63, 3.8) is 0 Å². The van der Waals surface area contributed by atoms with E-state index in [1.165, 1.54) is 11.8 Å². The topological polar surface area (TPSA) is 107 Å². The normalized spacial score (nSPS) is 11.3. The Morgan fingerprint density at radius 3 is 2.33 bits per heavy atom. The van der Waals surface area contributed by atoms with E-state index in [4.69, 9.17) is 17.3 Å². The van der Waals surface area contributed by atoms with Crippen LogP contribution in [0.1, 0.15) is 15.9 Å². The van der Waals surface area contributed by atoms with Crippen LogP contribution in [0.5, 0.6) is 0 Å². The van der Waals surface area contributed by atoms with Crippen molar-refractivity contribution in [2.45, 2.75) is 5.75 Å². The fourth-order valence-corrected chi connectivity index (χ4v) is 1.54. The van der Waals surface area contributed by atoms with Gasteiger partial charge in [-0.1, -0.05) is 23.9 Å². The molecule has 1 amide bonds. The van der Waals surface area contributed by atoms with Crippen molar-refractivity contribution in [2.75, 3.05) is 0 Å². The molecular formula is C9H12N4OS. The summed E-state index contributed by atoms with van der Waals surface area (Å²) in [7, 11) is 0. The van der Waals surface area contributed by atoms with Crippen molar-refractivity contribution in [3.05, 3.63) is 35.4 Å². The van der Waals surface area contributed by atoms with Crippen LogP contribution in [0.25, 0.3) is 0 Å². The van der Waals surface area contributed by atoms with Gasteiger partial charge in [0.2, 0.25) is 5.91 Å². The zero-order valence-electron chi connectivity index (χ0n) is 8.01. The molecule has 80 valence electrons. The summed E-state index contributed by atoms with van der Waals surface area (Å²) in [6.45, 7) is 0. The second-order valence-corrected chi connectivity index (χ2v) is 3.81. The minimum atomic E-state index is -0.433. The smallest absolute Gasteiger partial charge is 0.248 e. The molecule has 0 atom stereocenters. The Balaban J connectivity index is 2.61. The van der Waals surface area contributed by atoms with Crippen LogP contribution < -0.4 is 17.3 Å². The molecule has 1 rings (SSSR count). The molecule has 6 N–H and O–H groups in total. The number of hydrogen-bond acceptors (Lipinski definition) is 4. The maximum atomic E-state index is 10.8. The van der Waals surface area contributed by atoms with Gasteiger partial charge in [0.25, 0.3) is 0 Å². The number of hydrazone groups is 1. The summed E-state index contributed by atoms with van der Waals surface area (Å²) >= 11 is 1.33. The van der Waals surface area contributed by atoms with E-state index in [-0.39, 0.29) is 0 Å². The number of carbonyl (C=O) groups is 1. The number of benzene rings is 1. The molecule has 0 aliphatic rings. The Morgan fingerprint density at radius 2 is 1.87 bits per heavy atom. The largest absolute Gasteiger partial charge is 0.377 e. The van der Waals surface area contributed by atoms with Crippen LogP contribution in [0.3, 0.4) is 0 Å². The number of nitrogens with zero attached hydrogens (tertiary/aromatic N) is 1. The number of amidine groups is 1. The van der Waals surface area contributed by atoms with Crippen molar-refractivity contribution < 1.29 is 4.79 Å². The average molecular weight is 224 g/mol. The first-order chi connectivity index (χ1) is 7.13. The van der Waals surface area contributed by atoms with Gasteiger partial charge in [-0.15, -0.1) is 0 Å². The molecule has 0 spiro atoms. The Morgan fingerprint density at radius 1 is 1.27 bits per heavy atom. The van der Waals surface area contributed by atoms with Crippen molar-refractivity contribution in [1.29, 1.82) is 0 Å². The van der Waals surface area contributed by atoms with Crippen LogP contribution in [0.2, 0.25) is 0 Å². The second-order valence-electron chi connectivity index (χ2n) is 2.82. The Labute approximate surface area is 91.7 Å². The zero-order chi connectivity index (χ0) is 11.3. The van der Waals surface area contributed by atoms with Gasteiger partial charge in [-0.2, -0.15) is 5.10 Å². The molecule has 5 nitrogen and oxygen atoms in total. The molecule has 0 aliphatic heterocycles. The van der Waals surface area contributed by atoms with Crippen LogP contribution in [0, 0.1) is 0 Å². The number of amides is 1. The quantitative estimate of drug-likeness (QED) is 0.295. The van der Waals surface area contributed by atoms with E-state index in [1.807, 2.05) is 12.1 Å². The lowest BCUT2D eigenvalue weighted by Gasteiger charge is -2.01.